The van der Waals surface area contributed by atoms with Crippen LogP contribution in [0.4, 0.5) is 0 Å². The first-order valence-corrected chi connectivity index (χ1v) is 13.2. The van der Waals surface area contributed by atoms with Crippen molar-refractivity contribution >= 4 is 22.7 Å². The number of rotatable bonds is 4. The van der Waals surface area contributed by atoms with E-state index < -0.39 is 0 Å². The fraction of sp³-hybridized carbons (Fsp3) is 0.464. The number of hydrogen-bond donors (Lipinski definition) is 2. The number of benzene rings is 2. The Hall–Kier alpha value is -3.59. The summed E-state index contributed by atoms with van der Waals surface area (Å²) in [5, 5.41) is 18.3. The van der Waals surface area contributed by atoms with Gasteiger partial charge in [-0.3, -0.25) is 14.7 Å². The van der Waals surface area contributed by atoms with Gasteiger partial charge < -0.3 is 24.5 Å². The Bertz CT molecular complexity index is 1340. The molecule has 0 bridgehead atoms. The maximum Gasteiger partial charge on any atom is 0.274 e. The van der Waals surface area contributed by atoms with E-state index in [1.807, 2.05) is 23.1 Å². The minimum absolute atomic E-state index is 0.125. The molecule has 2 aromatic carbocycles. The van der Waals surface area contributed by atoms with E-state index >= 15 is 0 Å². The molecule has 0 aliphatic carbocycles. The number of aromatic amines is 1. The van der Waals surface area contributed by atoms with E-state index in [9.17, 15) is 14.7 Å². The second-order valence-corrected chi connectivity index (χ2v) is 10.6. The van der Waals surface area contributed by atoms with Gasteiger partial charge in [-0.2, -0.15) is 5.10 Å². The van der Waals surface area contributed by atoms with Crippen molar-refractivity contribution in [3.63, 3.8) is 0 Å². The van der Waals surface area contributed by atoms with Crippen LogP contribution in [0.2, 0.25) is 0 Å². The molecule has 3 aromatic rings. The molecule has 37 heavy (non-hydrogen) atoms. The number of fused-ring (bicyclic) bond motifs is 2. The number of H-pyrrole nitrogens is 1. The smallest absolute Gasteiger partial charge is 0.274 e. The molecular formula is C28H33N5O4. The van der Waals surface area contributed by atoms with Crippen LogP contribution in [0, 0.1) is 0 Å². The van der Waals surface area contributed by atoms with E-state index in [4.69, 9.17) is 4.74 Å². The molecule has 0 atom stereocenters. The summed E-state index contributed by atoms with van der Waals surface area (Å²) in [5.74, 6) is 0.304. The molecule has 2 N–H and O–H groups in total. The lowest BCUT2D eigenvalue weighted by Gasteiger charge is -2.29. The quantitative estimate of drug-likeness (QED) is 0.565. The zero-order chi connectivity index (χ0) is 25.5. The van der Waals surface area contributed by atoms with Gasteiger partial charge >= 0.3 is 0 Å². The second-order valence-electron chi connectivity index (χ2n) is 10.6. The van der Waals surface area contributed by atoms with Gasteiger partial charge in [-0.15, -0.1) is 0 Å². The number of likely N-dealkylation sites (tertiary alicyclic amines) is 2. The zero-order valence-electron chi connectivity index (χ0n) is 21.2. The van der Waals surface area contributed by atoms with Crippen LogP contribution in [-0.2, 0) is 13.1 Å². The van der Waals surface area contributed by atoms with Gasteiger partial charge in [0, 0.05) is 50.7 Å². The first-order chi connectivity index (χ1) is 18.0. The lowest BCUT2D eigenvalue weighted by Crippen LogP contribution is -2.35. The van der Waals surface area contributed by atoms with E-state index in [0.717, 1.165) is 62.1 Å². The Labute approximate surface area is 216 Å². The van der Waals surface area contributed by atoms with Crippen molar-refractivity contribution in [1.82, 2.24) is 24.9 Å². The second kappa shape index (κ2) is 9.70. The van der Waals surface area contributed by atoms with Crippen molar-refractivity contribution in [2.24, 2.45) is 0 Å². The van der Waals surface area contributed by atoms with Crippen LogP contribution >= 0.6 is 0 Å². The molecule has 2 fully saturated rings. The highest BCUT2D eigenvalue weighted by atomic mass is 16.5. The Morgan fingerprint density at radius 1 is 0.946 bits per heavy atom. The van der Waals surface area contributed by atoms with Crippen LogP contribution in [0.3, 0.4) is 0 Å². The molecule has 0 saturated carbocycles. The average molecular weight is 504 g/mol. The molecule has 0 unspecified atom stereocenters. The van der Waals surface area contributed by atoms with Crippen molar-refractivity contribution in [2.75, 3.05) is 33.2 Å². The summed E-state index contributed by atoms with van der Waals surface area (Å²) in [7, 11) is 2.13. The molecule has 2 amide bonds. The van der Waals surface area contributed by atoms with E-state index in [-0.39, 0.29) is 29.2 Å². The highest BCUT2D eigenvalue weighted by Gasteiger charge is 2.29. The number of amides is 2. The van der Waals surface area contributed by atoms with Gasteiger partial charge in [-0.05, 0) is 68.5 Å². The summed E-state index contributed by atoms with van der Waals surface area (Å²) in [6, 6.07) is 9.14. The SMILES string of the molecule is CN1CCC(Oc2ccc3c(c2)CN(C(=O)c2cc4c(C(=O)N5CCCCC5)n[nH]c4cc2O)C3)CC1. The third kappa shape index (κ3) is 4.64. The summed E-state index contributed by atoms with van der Waals surface area (Å²) >= 11 is 0. The molecule has 6 rings (SSSR count). The predicted octanol–water partition coefficient (Wildman–Crippen LogP) is 3.52. The number of phenols is 1. The number of carbonyl (C=O) groups is 2. The molecule has 3 aliphatic heterocycles. The van der Waals surface area contributed by atoms with E-state index in [1.54, 1.807) is 11.0 Å². The van der Waals surface area contributed by atoms with E-state index in [2.05, 4.69) is 22.1 Å². The minimum Gasteiger partial charge on any atom is -0.507 e. The van der Waals surface area contributed by atoms with Crippen LogP contribution in [0.1, 0.15) is 64.1 Å². The number of piperidine rings is 2. The normalized spacial score (nSPS) is 18.8. The lowest BCUT2D eigenvalue weighted by molar-refractivity contribution is 0.0717. The summed E-state index contributed by atoms with van der Waals surface area (Å²) < 4.78 is 6.24. The number of hydrogen-bond acceptors (Lipinski definition) is 6. The molecule has 9 heteroatoms. The molecule has 194 valence electrons. The molecule has 0 spiro atoms. The molecule has 9 nitrogen and oxygen atoms in total. The van der Waals surface area contributed by atoms with Gasteiger partial charge in [-0.25, -0.2) is 0 Å². The Morgan fingerprint density at radius 3 is 2.49 bits per heavy atom. The molecule has 3 aliphatic rings. The Kier molecular flexibility index (Phi) is 6.24. The van der Waals surface area contributed by atoms with Crippen LogP contribution in [0.5, 0.6) is 11.5 Å². The van der Waals surface area contributed by atoms with Crippen LogP contribution in [0.15, 0.2) is 30.3 Å². The van der Waals surface area contributed by atoms with Crippen molar-refractivity contribution in [3.8, 4) is 11.5 Å². The number of phenolic OH excluding ortho intramolecular Hbond substituents is 1. The standard InChI is InChI=1S/C28H33N5O4/c1-31-11-7-20(8-12-31)37-21-6-5-18-16-33(17-19(18)13-21)27(35)23-14-22-24(15-25(23)34)29-30-26(22)28(36)32-9-3-2-4-10-32/h5-6,13-15,20,34H,2-4,7-12,16-17H2,1H3,(H,29,30). The zero-order valence-corrected chi connectivity index (χ0v) is 21.2. The van der Waals surface area contributed by atoms with Crippen LogP contribution < -0.4 is 4.74 Å². The maximum absolute atomic E-state index is 13.5. The lowest BCUT2D eigenvalue weighted by atomic mass is 10.1. The van der Waals surface area contributed by atoms with E-state index in [0.29, 0.717) is 42.8 Å². The number of nitrogens with one attached hydrogen (secondary N) is 1. The largest absolute Gasteiger partial charge is 0.507 e. The summed E-state index contributed by atoms with van der Waals surface area (Å²) in [6.07, 6.45) is 5.33. The number of carbonyl (C=O) groups excluding carboxylic acids is 2. The van der Waals surface area contributed by atoms with E-state index in [1.165, 1.54) is 6.07 Å². The maximum atomic E-state index is 13.5. The first kappa shape index (κ1) is 23.8. The Balaban J connectivity index is 1.20. The monoisotopic (exact) mass is 503 g/mol. The third-order valence-electron chi connectivity index (χ3n) is 7.91. The number of nitrogens with zero attached hydrogens (tertiary/aromatic N) is 4. The predicted molar refractivity (Wildman–Crippen MR) is 139 cm³/mol. The number of aromatic nitrogens is 2. The summed E-state index contributed by atoms with van der Waals surface area (Å²) in [6.45, 7) is 4.41. The summed E-state index contributed by atoms with van der Waals surface area (Å²) in [4.78, 5) is 32.5. The topological polar surface area (TPSA) is 102 Å². The molecule has 0 radical (unpaired) electrons. The van der Waals surface area contributed by atoms with Crippen LogP contribution in [-0.4, -0.2) is 81.1 Å². The van der Waals surface area contributed by atoms with Gasteiger partial charge in [-0.1, -0.05) is 6.07 Å². The van der Waals surface area contributed by atoms with Crippen molar-refractivity contribution in [3.05, 3.63) is 52.7 Å². The fourth-order valence-electron chi connectivity index (χ4n) is 5.69. The highest BCUT2D eigenvalue weighted by molar-refractivity contribution is 6.08. The molecular weight excluding hydrogens is 470 g/mol. The minimum atomic E-state index is -0.272. The van der Waals surface area contributed by atoms with Crippen molar-refractivity contribution < 1.29 is 19.4 Å². The molecule has 4 heterocycles. The van der Waals surface area contributed by atoms with Gasteiger partial charge in [0.25, 0.3) is 11.8 Å². The van der Waals surface area contributed by atoms with Crippen LogP contribution in [0.25, 0.3) is 10.9 Å². The average Bonchev–Trinajstić information content (AvgIpc) is 3.53. The Morgan fingerprint density at radius 2 is 1.70 bits per heavy atom. The molecule has 2 saturated heterocycles. The van der Waals surface area contributed by atoms with Crippen molar-refractivity contribution in [2.45, 2.75) is 51.3 Å². The number of ether oxygens (including phenoxy) is 1. The summed E-state index contributed by atoms with van der Waals surface area (Å²) in [5.41, 5.74) is 3.15. The molecule has 1 aromatic heterocycles. The highest BCUT2D eigenvalue weighted by Crippen LogP contribution is 2.33. The van der Waals surface area contributed by atoms with Gasteiger partial charge in [0.15, 0.2) is 5.69 Å². The third-order valence-corrected chi connectivity index (χ3v) is 7.91. The number of aromatic hydroxyl groups is 1. The van der Waals surface area contributed by atoms with Crippen molar-refractivity contribution in [1.29, 1.82) is 0 Å². The van der Waals surface area contributed by atoms with Gasteiger partial charge in [0.2, 0.25) is 0 Å². The fourth-order valence-corrected chi connectivity index (χ4v) is 5.69. The first-order valence-electron chi connectivity index (χ1n) is 13.2. The van der Waals surface area contributed by atoms with Gasteiger partial charge in [0.1, 0.15) is 17.6 Å². The van der Waals surface area contributed by atoms with Gasteiger partial charge in [0.05, 0.1) is 11.1 Å².